The summed E-state index contributed by atoms with van der Waals surface area (Å²) in [5.41, 5.74) is 12.1. The molecule has 1 aromatic carbocycles. The molecule has 0 aliphatic rings. The lowest BCUT2D eigenvalue weighted by atomic mass is 10.3. The van der Waals surface area contributed by atoms with Crippen LogP contribution >= 0.6 is 0 Å². The predicted molar refractivity (Wildman–Crippen MR) is 35.3 cm³/mol. The van der Waals surface area contributed by atoms with Crippen LogP contribution in [0.2, 0.25) is 0 Å². The van der Waals surface area contributed by atoms with Gasteiger partial charge in [0.25, 0.3) is 0 Å². The second-order valence-corrected chi connectivity index (χ2v) is 1.63. The number of hydrogen-bond donors (Lipinski definition) is 2. The Bertz CT molecular complexity index is 167. The first-order valence-corrected chi connectivity index (χ1v) is 2.40. The monoisotopic (exact) mass is 143 g/mol. The highest BCUT2D eigenvalue weighted by atomic mass is 35.5. The molecule has 9 heavy (non-hydrogen) atoms. The highest BCUT2D eigenvalue weighted by Crippen LogP contribution is 2.10. The Morgan fingerprint density at radius 3 is 1.44 bits per heavy atom. The quantitative estimate of drug-likeness (QED) is 0.407. The zero-order valence-electron chi connectivity index (χ0n) is 4.84. The van der Waals surface area contributed by atoms with Gasteiger partial charge in [0, 0.05) is 0 Å². The SMILES string of the molecule is Nc1ccccc1N.[Cl-]. The van der Waals surface area contributed by atoms with Crippen LogP contribution in [0.25, 0.3) is 0 Å². The summed E-state index contributed by atoms with van der Waals surface area (Å²) >= 11 is 0. The van der Waals surface area contributed by atoms with Gasteiger partial charge in [-0.05, 0) is 12.1 Å². The lowest BCUT2D eigenvalue weighted by molar-refractivity contribution is -0.00000168. The molecule has 0 aromatic heterocycles. The maximum absolute atomic E-state index is 5.39. The van der Waals surface area contributed by atoms with Crippen molar-refractivity contribution in [2.24, 2.45) is 0 Å². The summed E-state index contributed by atoms with van der Waals surface area (Å²) in [5.74, 6) is 0. The second-order valence-electron chi connectivity index (χ2n) is 1.63. The fourth-order valence-corrected chi connectivity index (χ4v) is 0.511. The first-order chi connectivity index (χ1) is 3.80. The van der Waals surface area contributed by atoms with E-state index in [2.05, 4.69) is 0 Å². The predicted octanol–water partition coefficient (Wildman–Crippen LogP) is -2.14. The van der Waals surface area contributed by atoms with Crippen molar-refractivity contribution in [3.63, 3.8) is 0 Å². The van der Waals surface area contributed by atoms with Gasteiger partial charge in [-0.3, -0.25) is 0 Å². The normalized spacial score (nSPS) is 8.00. The molecular formula is C6H8ClN2-. The van der Waals surface area contributed by atoms with Crippen molar-refractivity contribution in [1.29, 1.82) is 0 Å². The second kappa shape index (κ2) is 3.20. The number of nitrogens with two attached hydrogens (primary N) is 2. The van der Waals surface area contributed by atoms with Crippen molar-refractivity contribution in [1.82, 2.24) is 0 Å². The Morgan fingerprint density at radius 2 is 1.22 bits per heavy atom. The molecule has 0 bridgehead atoms. The summed E-state index contributed by atoms with van der Waals surface area (Å²) in [6.45, 7) is 0. The van der Waals surface area contributed by atoms with Gasteiger partial charge in [0.15, 0.2) is 0 Å². The van der Waals surface area contributed by atoms with Crippen molar-refractivity contribution in [3.8, 4) is 0 Å². The molecule has 1 aromatic rings. The van der Waals surface area contributed by atoms with Crippen LogP contribution < -0.4 is 23.9 Å². The van der Waals surface area contributed by atoms with E-state index in [1.807, 2.05) is 12.1 Å². The van der Waals surface area contributed by atoms with E-state index >= 15 is 0 Å². The highest BCUT2D eigenvalue weighted by molar-refractivity contribution is 5.62. The van der Waals surface area contributed by atoms with E-state index in [1.54, 1.807) is 12.1 Å². The maximum atomic E-state index is 5.39. The zero-order chi connectivity index (χ0) is 5.98. The smallest absolute Gasteiger partial charge is 0.0547 e. The third-order valence-electron chi connectivity index (χ3n) is 0.996. The number of anilines is 2. The largest absolute Gasteiger partial charge is 1.00 e. The van der Waals surface area contributed by atoms with E-state index in [1.165, 1.54) is 0 Å². The molecule has 0 radical (unpaired) electrons. The van der Waals surface area contributed by atoms with Crippen LogP contribution in [0, 0.1) is 0 Å². The van der Waals surface area contributed by atoms with Gasteiger partial charge in [-0.25, -0.2) is 0 Å². The lowest BCUT2D eigenvalue weighted by Crippen LogP contribution is -3.00. The number of nitrogen functional groups attached to an aromatic ring is 2. The Hall–Kier alpha value is -0.890. The van der Waals surface area contributed by atoms with Crippen LogP contribution in [0.4, 0.5) is 11.4 Å². The fraction of sp³-hybridized carbons (Fsp3) is 0. The zero-order valence-corrected chi connectivity index (χ0v) is 5.60. The summed E-state index contributed by atoms with van der Waals surface area (Å²) in [6, 6.07) is 7.25. The van der Waals surface area contributed by atoms with Crippen LogP contribution in [-0.4, -0.2) is 0 Å². The topological polar surface area (TPSA) is 52.0 Å². The maximum Gasteiger partial charge on any atom is 0.0547 e. The molecule has 3 heteroatoms. The molecule has 0 unspecified atom stereocenters. The molecule has 2 nitrogen and oxygen atoms in total. The minimum absolute atomic E-state index is 0. The number of benzene rings is 1. The van der Waals surface area contributed by atoms with Gasteiger partial charge in [-0.15, -0.1) is 0 Å². The third-order valence-corrected chi connectivity index (χ3v) is 0.996. The van der Waals surface area contributed by atoms with Gasteiger partial charge >= 0.3 is 0 Å². The molecule has 0 heterocycles. The van der Waals surface area contributed by atoms with Crippen molar-refractivity contribution >= 4 is 11.4 Å². The number of para-hydroxylation sites is 2. The molecule has 0 spiro atoms. The lowest BCUT2D eigenvalue weighted by Gasteiger charge is -1.94. The van der Waals surface area contributed by atoms with Crippen molar-refractivity contribution in [2.45, 2.75) is 0 Å². The summed E-state index contributed by atoms with van der Waals surface area (Å²) in [6.07, 6.45) is 0. The van der Waals surface area contributed by atoms with Crippen LogP contribution in [0.5, 0.6) is 0 Å². The van der Waals surface area contributed by atoms with Crippen LogP contribution in [0.1, 0.15) is 0 Å². The van der Waals surface area contributed by atoms with Crippen LogP contribution in [0.3, 0.4) is 0 Å². The summed E-state index contributed by atoms with van der Waals surface area (Å²) < 4.78 is 0. The molecule has 4 N–H and O–H groups in total. The summed E-state index contributed by atoms with van der Waals surface area (Å²) in [4.78, 5) is 0. The fourth-order valence-electron chi connectivity index (χ4n) is 0.511. The van der Waals surface area contributed by atoms with E-state index < -0.39 is 0 Å². The average molecular weight is 144 g/mol. The van der Waals surface area contributed by atoms with Gasteiger partial charge < -0.3 is 23.9 Å². The molecule has 0 saturated carbocycles. The van der Waals surface area contributed by atoms with Crippen LogP contribution in [-0.2, 0) is 0 Å². The van der Waals surface area contributed by atoms with Crippen LogP contribution in [0.15, 0.2) is 24.3 Å². The molecule has 0 amide bonds. The van der Waals surface area contributed by atoms with Crippen molar-refractivity contribution in [3.05, 3.63) is 24.3 Å². The van der Waals surface area contributed by atoms with Gasteiger partial charge in [0.2, 0.25) is 0 Å². The molecule has 0 saturated heterocycles. The Morgan fingerprint density at radius 1 is 0.889 bits per heavy atom. The van der Waals surface area contributed by atoms with Gasteiger partial charge in [0.1, 0.15) is 0 Å². The number of halogens is 1. The molecule has 0 fully saturated rings. The molecule has 0 atom stereocenters. The first kappa shape index (κ1) is 8.11. The van der Waals surface area contributed by atoms with E-state index in [4.69, 9.17) is 11.5 Å². The van der Waals surface area contributed by atoms with E-state index in [-0.39, 0.29) is 12.4 Å². The Kier molecular flexibility index (Phi) is 2.88. The van der Waals surface area contributed by atoms with Crippen molar-refractivity contribution in [2.75, 3.05) is 11.5 Å². The summed E-state index contributed by atoms with van der Waals surface area (Å²) in [7, 11) is 0. The third kappa shape index (κ3) is 1.82. The molecule has 50 valence electrons. The minimum atomic E-state index is 0. The van der Waals surface area contributed by atoms with Crippen molar-refractivity contribution < 1.29 is 12.4 Å². The molecule has 0 aliphatic heterocycles. The van der Waals surface area contributed by atoms with Gasteiger partial charge in [0.05, 0.1) is 11.4 Å². The average Bonchev–Trinajstić information content (AvgIpc) is 1.77. The minimum Gasteiger partial charge on any atom is -1.00 e. The highest BCUT2D eigenvalue weighted by Gasteiger charge is 1.85. The Labute approximate surface area is 60.3 Å². The first-order valence-electron chi connectivity index (χ1n) is 2.40. The van der Waals surface area contributed by atoms with Gasteiger partial charge in [-0.1, -0.05) is 12.1 Å². The van der Waals surface area contributed by atoms with E-state index in [9.17, 15) is 0 Å². The number of rotatable bonds is 0. The van der Waals surface area contributed by atoms with Gasteiger partial charge in [-0.2, -0.15) is 0 Å². The molecule has 0 aliphatic carbocycles. The Balaban J connectivity index is 0.000000640. The van der Waals surface area contributed by atoms with E-state index in [0.29, 0.717) is 11.4 Å². The number of hydrogen-bond acceptors (Lipinski definition) is 2. The van der Waals surface area contributed by atoms with E-state index in [0.717, 1.165) is 0 Å². The molecule has 1 rings (SSSR count). The summed E-state index contributed by atoms with van der Waals surface area (Å²) in [5, 5.41) is 0. The standard InChI is InChI=1S/C6H8N2.ClH/c7-5-3-1-2-4-6(5)8;/h1-4H,7-8H2;1H/p-1. The molecular weight excluding hydrogens is 136 g/mol.